The number of benzene rings is 2. The molecular formula is C25H29ClN4O2S. The first-order valence-corrected chi connectivity index (χ1v) is 13.7. The van der Waals surface area contributed by atoms with Crippen LogP contribution in [-0.2, 0) is 22.9 Å². The molecule has 0 atom stereocenters. The molecule has 33 heavy (non-hydrogen) atoms. The van der Waals surface area contributed by atoms with Crippen LogP contribution in [0.4, 0.5) is 5.69 Å². The maximum atomic E-state index is 11.7. The van der Waals surface area contributed by atoms with Crippen LogP contribution < -0.4 is 5.32 Å². The van der Waals surface area contributed by atoms with Crippen molar-refractivity contribution in [1.29, 1.82) is 0 Å². The first-order valence-electron chi connectivity index (χ1n) is 11.5. The van der Waals surface area contributed by atoms with Crippen LogP contribution in [-0.4, -0.2) is 48.1 Å². The first-order chi connectivity index (χ1) is 15.9. The van der Waals surface area contributed by atoms with Gasteiger partial charge in [-0.25, -0.2) is 8.42 Å². The van der Waals surface area contributed by atoms with Crippen molar-refractivity contribution in [3.05, 3.63) is 69.9 Å². The molecule has 5 rings (SSSR count). The number of anilines is 1. The number of hydrogen-bond donors (Lipinski definition) is 2. The van der Waals surface area contributed by atoms with Crippen LogP contribution in [0.3, 0.4) is 0 Å². The third-order valence-electron chi connectivity index (χ3n) is 6.63. The van der Waals surface area contributed by atoms with Crippen LogP contribution in [0, 0.1) is 6.92 Å². The van der Waals surface area contributed by atoms with Gasteiger partial charge in [0.2, 0.25) is 0 Å². The average Bonchev–Trinajstić information content (AvgIpc) is 3.57. The summed E-state index contributed by atoms with van der Waals surface area (Å²) in [4.78, 5) is 2.16. The highest BCUT2D eigenvalue weighted by molar-refractivity contribution is 7.91. The van der Waals surface area contributed by atoms with Crippen molar-refractivity contribution in [2.75, 3.05) is 29.9 Å². The van der Waals surface area contributed by atoms with E-state index in [1.54, 1.807) is 0 Å². The van der Waals surface area contributed by atoms with Gasteiger partial charge in [0.1, 0.15) is 0 Å². The minimum absolute atomic E-state index is 0.224. The minimum Gasteiger partial charge on any atom is -0.381 e. The van der Waals surface area contributed by atoms with Gasteiger partial charge in [-0.05, 0) is 54.7 Å². The number of halogens is 1. The van der Waals surface area contributed by atoms with E-state index in [0.29, 0.717) is 32.1 Å². The second-order valence-electron chi connectivity index (χ2n) is 9.17. The molecule has 6 nitrogen and oxygen atoms in total. The summed E-state index contributed by atoms with van der Waals surface area (Å²) in [6, 6.07) is 14.5. The molecule has 0 unspecified atom stereocenters. The number of nitrogens with zero attached hydrogens (tertiary/aromatic N) is 2. The molecule has 0 amide bonds. The molecule has 1 aliphatic carbocycles. The number of H-pyrrole nitrogens is 1. The average molecular weight is 485 g/mol. The van der Waals surface area contributed by atoms with Gasteiger partial charge in [0.25, 0.3) is 0 Å². The molecular weight excluding hydrogens is 456 g/mol. The summed E-state index contributed by atoms with van der Waals surface area (Å²) in [5.74, 6) is 1.11. The highest BCUT2D eigenvalue weighted by atomic mass is 35.5. The Morgan fingerprint density at radius 2 is 1.85 bits per heavy atom. The Morgan fingerprint density at radius 3 is 2.55 bits per heavy atom. The molecule has 2 N–H and O–H groups in total. The van der Waals surface area contributed by atoms with Gasteiger partial charge in [-0.2, -0.15) is 5.10 Å². The highest BCUT2D eigenvalue weighted by Gasteiger charge is 2.28. The topological polar surface area (TPSA) is 78.1 Å². The van der Waals surface area contributed by atoms with Crippen molar-refractivity contribution < 1.29 is 8.42 Å². The zero-order valence-electron chi connectivity index (χ0n) is 18.8. The molecule has 1 saturated carbocycles. The van der Waals surface area contributed by atoms with E-state index in [9.17, 15) is 8.42 Å². The zero-order chi connectivity index (χ0) is 23.0. The number of nitrogens with one attached hydrogen (secondary N) is 2. The predicted octanol–water partition coefficient (Wildman–Crippen LogP) is 4.76. The number of aromatic nitrogens is 2. The summed E-state index contributed by atoms with van der Waals surface area (Å²) in [5, 5.41) is 12.0. The van der Waals surface area contributed by atoms with E-state index in [1.807, 2.05) is 12.1 Å². The number of hydrogen-bond acceptors (Lipinski definition) is 5. The second kappa shape index (κ2) is 9.12. The highest BCUT2D eigenvalue weighted by Crippen LogP contribution is 2.42. The smallest absolute Gasteiger partial charge is 0.152 e. The van der Waals surface area contributed by atoms with E-state index in [0.717, 1.165) is 33.1 Å². The molecule has 1 aromatic heterocycles. The molecule has 2 aliphatic rings. The van der Waals surface area contributed by atoms with Crippen molar-refractivity contribution in [3.8, 4) is 11.3 Å². The van der Waals surface area contributed by atoms with Crippen LogP contribution in [0.1, 0.15) is 41.1 Å². The van der Waals surface area contributed by atoms with Gasteiger partial charge in [0.05, 0.1) is 17.2 Å². The molecule has 2 heterocycles. The van der Waals surface area contributed by atoms with E-state index in [2.05, 4.69) is 57.7 Å². The van der Waals surface area contributed by atoms with E-state index in [1.165, 1.54) is 24.1 Å². The lowest BCUT2D eigenvalue weighted by atomic mass is 10.0. The Bertz CT molecular complexity index is 1240. The van der Waals surface area contributed by atoms with Gasteiger partial charge >= 0.3 is 0 Å². The monoisotopic (exact) mass is 484 g/mol. The Hall–Kier alpha value is -2.35. The summed E-state index contributed by atoms with van der Waals surface area (Å²) in [6.45, 7) is 4.63. The molecule has 0 radical (unpaired) electrons. The molecule has 2 fully saturated rings. The molecule has 174 valence electrons. The number of aromatic amines is 1. The summed E-state index contributed by atoms with van der Waals surface area (Å²) < 4.78 is 23.3. The predicted molar refractivity (Wildman–Crippen MR) is 133 cm³/mol. The third kappa shape index (κ3) is 5.26. The summed E-state index contributed by atoms with van der Waals surface area (Å²) in [7, 11) is -2.88. The quantitative estimate of drug-likeness (QED) is 0.505. The Labute approximate surface area is 200 Å². The molecule has 3 aromatic rings. The number of rotatable bonds is 7. The van der Waals surface area contributed by atoms with Crippen molar-refractivity contribution in [2.45, 2.75) is 38.8 Å². The van der Waals surface area contributed by atoms with Gasteiger partial charge in [0.15, 0.2) is 9.84 Å². The van der Waals surface area contributed by atoms with Gasteiger partial charge in [-0.3, -0.25) is 10.00 Å². The van der Waals surface area contributed by atoms with Crippen molar-refractivity contribution in [1.82, 2.24) is 15.1 Å². The van der Waals surface area contributed by atoms with Crippen molar-refractivity contribution in [3.63, 3.8) is 0 Å². The molecule has 0 spiro atoms. The van der Waals surface area contributed by atoms with Crippen molar-refractivity contribution >= 4 is 27.1 Å². The molecule has 1 aliphatic heterocycles. The third-order valence-corrected chi connectivity index (χ3v) is 8.61. The maximum Gasteiger partial charge on any atom is 0.152 e. The van der Waals surface area contributed by atoms with Crippen LogP contribution in [0.25, 0.3) is 11.3 Å². The van der Waals surface area contributed by atoms with Crippen LogP contribution >= 0.6 is 11.6 Å². The molecule has 2 aromatic carbocycles. The minimum atomic E-state index is -2.88. The lowest BCUT2D eigenvalue weighted by Gasteiger charge is -2.27. The SMILES string of the molecule is Cc1c(-c2ccc(NCc3ccc(Cl)c(CN4CCS(=O)(=O)CC4)c3)cc2)n[nH]c1C1CC1. The first kappa shape index (κ1) is 22.4. The summed E-state index contributed by atoms with van der Waals surface area (Å²) >= 11 is 6.43. The fraction of sp³-hybridized carbons (Fsp3) is 0.400. The lowest BCUT2D eigenvalue weighted by Crippen LogP contribution is -2.39. The fourth-order valence-corrected chi connectivity index (χ4v) is 5.87. The van der Waals surface area contributed by atoms with Crippen LogP contribution in [0.15, 0.2) is 42.5 Å². The van der Waals surface area contributed by atoms with Gasteiger partial charge in [-0.1, -0.05) is 35.9 Å². The van der Waals surface area contributed by atoms with Crippen LogP contribution in [0.2, 0.25) is 5.02 Å². The molecule has 1 saturated heterocycles. The summed E-state index contributed by atoms with van der Waals surface area (Å²) in [6.07, 6.45) is 2.52. The standard InChI is InChI=1S/C25H29ClN4O2S/c1-17-24(19-3-4-19)28-29-25(17)20-5-7-22(8-6-20)27-15-18-2-9-23(26)21(14-18)16-30-10-12-33(31,32)13-11-30/h2,5-9,14,19,27H,3-4,10-13,15-16H2,1H3,(H,28,29). The van der Waals surface area contributed by atoms with E-state index >= 15 is 0 Å². The van der Waals surface area contributed by atoms with Crippen LogP contribution in [0.5, 0.6) is 0 Å². The van der Waals surface area contributed by atoms with E-state index < -0.39 is 9.84 Å². The molecule has 0 bridgehead atoms. The lowest BCUT2D eigenvalue weighted by molar-refractivity contribution is 0.287. The van der Waals surface area contributed by atoms with Gasteiger partial charge in [0, 0.05) is 54.1 Å². The maximum absolute atomic E-state index is 11.7. The number of sulfone groups is 1. The van der Waals surface area contributed by atoms with Gasteiger partial charge in [-0.15, -0.1) is 0 Å². The van der Waals surface area contributed by atoms with Crippen molar-refractivity contribution in [2.24, 2.45) is 0 Å². The largest absolute Gasteiger partial charge is 0.381 e. The Balaban J connectivity index is 1.21. The van der Waals surface area contributed by atoms with E-state index in [-0.39, 0.29) is 11.5 Å². The zero-order valence-corrected chi connectivity index (χ0v) is 20.3. The second-order valence-corrected chi connectivity index (χ2v) is 11.9. The van der Waals surface area contributed by atoms with Gasteiger partial charge < -0.3 is 5.32 Å². The summed E-state index contributed by atoms with van der Waals surface area (Å²) in [5.41, 5.74) is 7.93. The Morgan fingerprint density at radius 1 is 1.12 bits per heavy atom. The fourth-order valence-electron chi connectivity index (χ4n) is 4.42. The normalized spacial score (nSPS) is 18.4. The Kier molecular flexibility index (Phi) is 6.20. The van der Waals surface area contributed by atoms with E-state index in [4.69, 9.17) is 11.6 Å². The molecule has 8 heteroatoms.